The van der Waals surface area contributed by atoms with Gasteiger partial charge >= 0.3 is 0 Å². The van der Waals surface area contributed by atoms with Gasteiger partial charge in [0.1, 0.15) is 4.99 Å². The lowest BCUT2D eigenvalue weighted by Crippen LogP contribution is -2.31. The van der Waals surface area contributed by atoms with E-state index in [2.05, 4.69) is 5.32 Å². The quantitative estimate of drug-likeness (QED) is 0.757. The normalized spacial score (nSPS) is 10.2. The summed E-state index contributed by atoms with van der Waals surface area (Å²) in [6.45, 7) is 8.04. The number of thiocarbonyl (C=S) groups is 1. The molecule has 0 heterocycles. The van der Waals surface area contributed by atoms with Crippen LogP contribution < -0.4 is 11.1 Å². The summed E-state index contributed by atoms with van der Waals surface area (Å²) < 4.78 is 0. The molecule has 0 saturated heterocycles. The molecular formula is C15H23N3OS. The molecule has 3 N–H and O–H groups in total. The Morgan fingerprint density at radius 3 is 2.55 bits per heavy atom. The van der Waals surface area contributed by atoms with Gasteiger partial charge in [-0.15, -0.1) is 0 Å². The molecule has 0 aliphatic rings. The summed E-state index contributed by atoms with van der Waals surface area (Å²) in [5, 5.41) is 3.24. The van der Waals surface area contributed by atoms with Crippen LogP contribution in [0.1, 0.15) is 31.4 Å². The van der Waals surface area contributed by atoms with Crippen molar-refractivity contribution in [1.29, 1.82) is 0 Å². The molecule has 5 heteroatoms. The van der Waals surface area contributed by atoms with Gasteiger partial charge < -0.3 is 16.0 Å². The van der Waals surface area contributed by atoms with Crippen molar-refractivity contribution in [3.05, 3.63) is 29.3 Å². The summed E-state index contributed by atoms with van der Waals surface area (Å²) in [5.74, 6) is 0.159. The first-order valence-corrected chi connectivity index (χ1v) is 7.32. The summed E-state index contributed by atoms with van der Waals surface area (Å²) >= 11 is 5.05. The molecule has 1 amide bonds. The summed E-state index contributed by atoms with van der Waals surface area (Å²) in [7, 11) is 0. The van der Waals surface area contributed by atoms with Crippen molar-refractivity contribution in [2.45, 2.75) is 27.2 Å². The van der Waals surface area contributed by atoms with E-state index in [1.165, 1.54) is 0 Å². The minimum atomic E-state index is 0.159. The standard InChI is InChI=1S/C15H23N3OS/c1-4-18(5-2)14(19)8-9-17-13-7-6-11(3)10-12(13)15(16)20/h6-7,10,17H,4-5,8-9H2,1-3H3,(H2,16,20). The molecular weight excluding hydrogens is 270 g/mol. The van der Waals surface area contributed by atoms with E-state index in [0.29, 0.717) is 18.0 Å². The van der Waals surface area contributed by atoms with Crippen molar-refractivity contribution in [2.24, 2.45) is 5.73 Å². The first-order valence-electron chi connectivity index (χ1n) is 6.91. The Hall–Kier alpha value is -1.62. The molecule has 0 radical (unpaired) electrons. The van der Waals surface area contributed by atoms with E-state index >= 15 is 0 Å². The molecule has 4 nitrogen and oxygen atoms in total. The van der Waals surface area contributed by atoms with Crippen molar-refractivity contribution >= 4 is 28.8 Å². The lowest BCUT2D eigenvalue weighted by Gasteiger charge is -2.19. The Balaban J connectivity index is 2.62. The van der Waals surface area contributed by atoms with Crippen molar-refractivity contribution < 1.29 is 4.79 Å². The number of hydrogen-bond acceptors (Lipinski definition) is 3. The third kappa shape index (κ3) is 4.49. The molecule has 1 rings (SSSR count). The molecule has 0 bridgehead atoms. The van der Waals surface area contributed by atoms with Gasteiger partial charge in [-0.05, 0) is 32.9 Å². The zero-order valence-electron chi connectivity index (χ0n) is 12.4. The minimum absolute atomic E-state index is 0.159. The topological polar surface area (TPSA) is 58.4 Å². The van der Waals surface area contributed by atoms with Crippen molar-refractivity contribution in [3.63, 3.8) is 0 Å². The second-order valence-electron chi connectivity index (χ2n) is 4.66. The highest BCUT2D eigenvalue weighted by Crippen LogP contribution is 2.17. The van der Waals surface area contributed by atoms with Crippen LogP contribution in [-0.4, -0.2) is 35.4 Å². The molecule has 0 aromatic heterocycles. The predicted octanol–water partition coefficient (Wildman–Crippen LogP) is 2.30. The van der Waals surface area contributed by atoms with Gasteiger partial charge in [-0.2, -0.15) is 0 Å². The van der Waals surface area contributed by atoms with E-state index < -0.39 is 0 Å². The largest absolute Gasteiger partial charge is 0.389 e. The fourth-order valence-electron chi connectivity index (χ4n) is 2.05. The van der Waals surface area contributed by atoms with E-state index in [4.69, 9.17) is 18.0 Å². The average molecular weight is 293 g/mol. The van der Waals surface area contributed by atoms with Crippen LogP contribution in [0.4, 0.5) is 5.69 Å². The zero-order chi connectivity index (χ0) is 15.1. The summed E-state index contributed by atoms with van der Waals surface area (Å²) in [5.41, 5.74) is 8.55. The first-order chi connectivity index (χ1) is 9.49. The fraction of sp³-hybridized carbons (Fsp3) is 0.467. The molecule has 0 aliphatic heterocycles. The Bertz CT molecular complexity index is 484. The predicted molar refractivity (Wildman–Crippen MR) is 88.1 cm³/mol. The molecule has 0 saturated carbocycles. The van der Waals surface area contributed by atoms with Gasteiger partial charge in [-0.3, -0.25) is 4.79 Å². The molecule has 0 unspecified atom stereocenters. The van der Waals surface area contributed by atoms with Gasteiger partial charge in [-0.1, -0.05) is 23.8 Å². The average Bonchev–Trinajstić information content (AvgIpc) is 2.41. The van der Waals surface area contributed by atoms with Gasteiger partial charge in [0.25, 0.3) is 0 Å². The van der Waals surface area contributed by atoms with Gasteiger partial charge in [0.05, 0.1) is 0 Å². The molecule has 0 aliphatic carbocycles. The van der Waals surface area contributed by atoms with Gasteiger partial charge in [0, 0.05) is 37.3 Å². The van der Waals surface area contributed by atoms with Gasteiger partial charge in [0.2, 0.25) is 5.91 Å². The number of amides is 1. The maximum absolute atomic E-state index is 11.9. The number of aryl methyl sites for hydroxylation is 1. The van der Waals surface area contributed by atoms with Crippen molar-refractivity contribution in [2.75, 3.05) is 25.0 Å². The van der Waals surface area contributed by atoms with Crippen molar-refractivity contribution in [3.8, 4) is 0 Å². The number of anilines is 1. The van der Waals surface area contributed by atoms with E-state index in [-0.39, 0.29) is 5.91 Å². The van der Waals surface area contributed by atoms with Gasteiger partial charge in [-0.25, -0.2) is 0 Å². The maximum Gasteiger partial charge on any atom is 0.224 e. The second-order valence-corrected chi connectivity index (χ2v) is 5.10. The third-order valence-corrected chi connectivity index (χ3v) is 3.43. The minimum Gasteiger partial charge on any atom is -0.389 e. The van der Waals surface area contributed by atoms with E-state index in [1.807, 2.05) is 43.9 Å². The highest BCUT2D eigenvalue weighted by atomic mass is 32.1. The zero-order valence-corrected chi connectivity index (χ0v) is 13.2. The van der Waals surface area contributed by atoms with Crippen LogP contribution in [-0.2, 0) is 4.79 Å². The van der Waals surface area contributed by atoms with Gasteiger partial charge in [0.15, 0.2) is 0 Å². The van der Waals surface area contributed by atoms with E-state index in [9.17, 15) is 4.79 Å². The molecule has 0 fully saturated rings. The van der Waals surface area contributed by atoms with E-state index in [1.54, 1.807) is 0 Å². The number of nitrogens with zero attached hydrogens (tertiary/aromatic N) is 1. The molecule has 0 atom stereocenters. The van der Waals surface area contributed by atoms with E-state index in [0.717, 1.165) is 29.9 Å². The molecule has 1 aromatic rings. The Kier molecular flexibility index (Phi) is 6.45. The van der Waals surface area contributed by atoms with Crippen LogP contribution in [0.3, 0.4) is 0 Å². The number of benzene rings is 1. The highest BCUT2D eigenvalue weighted by molar-refractivity contribution is 7.80. The Labute approximate surface area is 126 Å². The molecule has 1 aromatic carbocycles. The summed E-state index contributed by atoms with van der Waals surface area (Å²) in [4.78, 5) is 14.1. The number of nitrogens with one attached hydrogen (secondary N) is 1. The highest BCUT2D eigenvalue weighted by Gasteiger charge is 2.10. The summed E-state index contributed by atoms with van der Waals surface area (Å²) in [6.07, 6.45) is 0.465. The number of carbonyl (C=O) groups excluding carboxylic acids is 1. The second kappa shape index (κ2) is 7.85. The Morgan fingerprint density at radius 2 is 2.00 bits per heavy atom. The van der Waals surface area contributed by atoms with Crippen LogP contribution in [0, 0.1) is 6.92 Å². The smallest absolute Gasteiger partial charge is 0.224 e. The number of hydrogen-bond donors (Lipinski definition) is 2. The number of carbonyl (C=O) groups is 1. The summed E-state index contributed by atoms with van der Waals surface area (Å²) in [6, 6.07) is 5.90. The van der Waals surface area contributed by atoms with Crippen LogP contribution in [0.25, 0.3) is 0 Å². The number of rotatable bonds is 7. The lowest BCUT2D eigenvalue weighted by atomic mass is 10.1. The van der Waals surface area contributed by atoms with Crippen LogP contribution in [0.5, 0.6) is 0 Å². The first kappa shape index (κ1) is 16.4. The molecule has 0 spiro atoms. The molecule has 110 valence electrons. The Morgan fingerprint density at radius 1 is 1.35 bits per heavy atom. The van der Waals surface area contributed by atoms with Crippen molar-refractivity contribution in [1.82, 2.24) is 4.90 Å². The van der Waals surface area contributed by atoms with Crippen LogP contribution in [0.2, 0.25) is 0 Å². The monoisotopic (exact) mass is 293 g/mol. The SMILES string of the molecule is CCN(CC)C(=O)CCNc1ccc(C)cc1C(N)=S. The maximum atomic E-state index is 11.9. The van der Waals surface area contributed by atoms with Crippen LogP contribution in [0.15, 0.2) is 18.2 Å². The number of nitrogens with two attached hydrogens (primary N) is 1. The van der Waals surface area contributed by atoms with Crippen LogP contribution >= 0.6 is 12.2 Å². The third-order valence-electron chi connectivity index (χ3n) is 3.21. The fourth-order valence-corrected chi connectivity index (χ4v) is 2.22. The molecule has 20 heavy (non-hydrogen) atoms. The lowest BCUT2D eigenvalue weighted by molar-refractivity contribution is -0.130.